The van der Waals surface area contributed by atoms with Crippen molar-refractivity contribution in [3.8, 4) is 11.3 Å². The first-order chi connectivity index (χ1) is 19.4. The highest BCUT2D eigenvalue weighted by atomic mass is 16.5. The van der Waals surface area contributed by atoms with Crippen LogP contribution in [0.25, 0.3) is 22.3 Å². The van der Waals surface area contributed by atoms with Gasteiger partial charge in [-0.2, -0.15) is 0 Å². The first-order valence-corrected chi connectivity index (χ1v) is 13.8. The Hall–Kier alpha value is -4.39. The molecule has 0 fully saturated rings. The van der Waals surface area contributed by atoms with Crippen molar-refractivity contribution in [2.75, 3.05) is 17.2 Å². The molecule has 1 amide bonds. The summed E-state index contributed by atoms with van der Waals surface area (Å²) < 4.78 is 10.9. The largest absolute Gasteiger partial charge is 0.466 e. The molecule has 0 bridgehead atoms. The van der Waals surface area contributed by atoms with Crippen LogP contribution >= 0.6 is 0 Å². The Kier molecular flexibility index (Phi) is 9.73. The van der Waals surface area contributed by atoms with Crippen LogP contribution in [0.4, 0.5) is 11.4 Å². The number of esters is 1. The lowest BCUT2D eigenvalue weighted by Crippen LogP contribution is -2.39. The predicted octanol–water partition coefficient (Wildman–Crippen LogP) is 7.48. The number of carbonyl (C=O) groups is 3. The van der Waals surface area contributed by atoms with Crippen molar-refractivity contribution in [3.63, 3.8) is 0 Å². The average Bonchev–Trinajstić information content (AvgIpc) is 3.40. The molecule has 4 rings (SSSR count). The van der Waals surface area contributed by atoms with E-state index in [0.29, 0.717) is 24.3 Å². The second-order valence-corrected chi connectivity index (χ2v) is 9.88. The summed E-state index contributed by atoms with van der Waals surface area (Å²) >= 11 is 0. The number of nitrogens with one attached hydrogen (secondary N) is 2. The fourth-order valence-electron chi connectivity index (χ4n) is 4.47. The van der Waals surface area contributed by atoms with Crippen molar-refractivity contribution in [1.82, 2.24) is 0 Å². The minimum Gasteiger partial charge on any atom is -0.466 e. The lowest BCUT2D eigenvalue weighted by Gasteiger charge is -2.24. The smallest absolute Gasteiger partial charge is 0.305 e. The summed E-state index contributed by atoms with van der Waals surface area (Å²) in [6.45, 7) is 6.18. The van der Waals surface area contributed by atoms with Crippen molar-refractivity contribution in [2.45, 2.75) is 52.5 Å². The zero-order chi connectivity index (χ0) is 28.5. The van der Waals surface area contributed by atoms with Crippen LogP contribution in [0.5, 0.6) is 0 Å². The van der Waals surface area contributed by atoms with Crippen LogP contribution in [0.1, 0.15) is 56.8 Å². The average molecular weight is 541 g/mol. The highest BCUT2D eigenvalue weighted by Gasteiger charge is 2.24. The summed E-state index contributed by atoms with van der Waals surface area (Å²) in [6.07, 6.45) is 1.77. The van der Waals surface area contributed by atoms with E-state index in [1.807, 2.05) is 80.6 Å². The second kappa shape index (κ2) is 13.6. The Morgan fingerprint density at radius 3 is 2.25 bits per heavy atom. The molecule has 3 aromatic carbocycles. The number of hydrogen-bond donors (Lipinski definition) is 2. The van der Waals surface area contributed by atoms with Crippen LogP contribution in [0.3, 0.4) is 0 Å². The summed E-state index contributed by atoms with van der Waals surface area (Å²) in [4.78, 5) is 37.3. The molecule has 7 heteroatoms. The Morgan fingerprint density at radius 1 is 0.875 bits per heavy atom. The van der Waals surface area contributed by atoms with E-state index < -0.39 is 6.04 Å². The summed E-state index contributed by atoms with van der Waals surface area (Å²) in [6, 6.07) is 24.1. The molecule has 40 heavy (non-hydrogen) atoms. The molecule has 2 N–H and O–H groups in total. The Morgan fingerprint density at radius 2 is 1.57 bits per heavy atom. The maximum atomic E-state index is 13.3. The van der Waals surface area contributed by atoms with Crippen molar-refractivity contribution < 1.29 is 23.5 Å². The number of carbonyl (C=O) groups excluding carboxylic acids is 3. The maximum Gasteiger partial charge on any atom is 0.305 e. The van der Waals surface area contributed by atoms with E-state index in [0.717, 1.165) is 34.4 Å². The van der Waals surface area contributed by atoms with Crippen molar-refractivity contribution in [1.29, 1.82) is 0 Å². The van der Waals surface area contributed by atoms with Crippen LogP contribution in [-0.4, -0.2) is 30.3 Å². The van der Waals surface area contributed by atoms with E-state index in [1.54, 1.807) is 19.1 Å². The molecule has 208 valence electrons. The molecule has 4 aromatic rings. The number of fused-ring (bicyclic) bond motifs is 1. The number of Topliss-reactive ketones (excluding diaryl/α,β-unsaturated/α-hetero) is 1. The number of para-hydroxylation sites is 1. The SMILES string of the molecule is CCOC(=O)CCCC(=O)c1ccc(N[C@H](C(=O)Nc2ccc(-c3cc4ccccc4o3)cc2)[C@@H](C)CC)cc1. The van der Waals surface area contributed by atoms with Crippen LogP contribution in [0, 0.1) is 5.92 Å². The molecule has 0 saturated heterocycles. The number of hydrogen-bond acceptors (Lipinski definition) is 6. The lowest BCUT2D eigenvalue weighted by molar-refractivity contribution is -0.143. The fourth-order valence-corrected chi connectivity index (χ4v) is 4.47. The molecular formula is C33H36N2O5. The molecule has 1 heterocycles. The normalized spacial score (nSPS) is 12.5. The fraction of sp³-hybridized carbons (Fsp3) is 0.303. The van der Waals surface area contributed by atoms with Gasteiger partial charge in [0.05, 0.1) is 6.61 Å². The third-order valence-corrected chi connectivity index (χ3v) is 6.98. The molecule has 0 radical (unpaired) electrons. The van der Waals surface area contributed by atoms with Crippen molar-refractivity contribution >= 4 is 40.0 Å². The number of rotatable bonds is 13. The van der Waals surface area contributed by atoms with Gasteiger partial charge in [0.15, 0.2) is 5.78 Å². The topological polar surface area (TPSA) is 97.6 Å². The zero-order valence-corrected chi connectivity index (χ0v) is 23.2. The molecule has 0 unspecified atom stereocenters. The number of ether oxygens (including phenoxy) is 1. The molecule has 1 aromatic heterocycles. The molecule has 0 saturated carbocycles. The van der Waals surface area contributed by atoms with Gasteiger partial charge < -0.3 is 19.8 Å². The van der Waals surface area contributed by atoms with Gasteiger partial charge in [-0.3, -0.25) is 14.4 Å². The quantitative estimate of drug-likeness (QED) is 0.135. The monoisotopic (exact) mass is 540 g/mol. The van der Waals surface area contributed by atoms with Crippen LogP contribution in [-0.2, 0) is 14.3 Å². The second-order valence-electron chi connectivity index (χ2n) is 9.88. The van der Waals surface area contributed by atoms with Gasteiger partial charge in [0.2, 0.25) is 5.91 Å². The van der Waals surface area contributed by atoms with Crippen molar-refractivity contribution in [2.24, 2.45) is 5.92 Å². The molecule has 0 aliphatic heterocycles. The van der Waals surface area contributed by atoms with Gasteiger partial charge in [-0.25, -0.2) is 0 Å². The van der Waals surface area contributed by atoms with Crippen LogP contribution in [0.15, 0.2) is 83.3 Å². The van der Waals surface area contributed by atoms with E-state index in [4.69, 9.17) is 9.15 Å². The minimum atomic E-state index is -0.467. The van der Waals surface area contributed by atoms with E-state index >= 15 is 0 Å². The Labute approximate surface area is 234 Å². The van der Waals surface area contributed by atoms with Gasteiger partial charge in [0.25, 0.3) is 0 Å². The van der Waals surface area contributed by atoms with Crippen LogP contribution in [0.2, 0.25) is 0 Å². The third-order valence-electron chi connectivity index (χ3n) is 6.98. The van der Waals surface area contributed by atoms with E-state index in [1.165, 1.54) is 0 Å². The molecule has 0 aliphatic rings. The first-order valence-electron chi connectivity index (χ1n) is 13.8. The van der Waals surface area contributed by atoms with Gasteiger partial charge in [-0.1, -0.05) is 38.5 Å². The summed E-state index contributed by atoms with van der Waals surface area (Å²) in [5.74, 6) is 0.396. The van der Waals surface area contributed by atoms with Crippen molar-refractivity contribution in [3.05, 3.63) is 84.4 Å². The lowest BCUT2D eigenvalue weighted by atomic mass is 9.97. The number of amides is 1. The van der Waals surface area contributed by atoms with Gasteiger partial charge in [0, 0.05) is 40.7 Å². The first kappa shape index (κ1) is 28.6. The molecule has 7 nitrogen and oxygen atoms in total. The standard InChI is InChI=1S/C33H36N2O5/c1-4-22(3)32(34-26-17-13-23(14-18-26)28(36)10-8-12-31(37)39-5-2)33(38)35-27-19-15-24(16-20-27)30-21-25-9-6-7-11-29(25)40-30/h6-7,9,11,13-22,32,34H,4-5,8,10,12H2,1-3H3,(H,35,38)/t22-,32-/m0/s1. The molecular weight excluding hydrogens is 504 g/mol. The van der Waals surface area contributed by atoms with Gasteiger partial charge in [-0.05, 0) is 79.9 Å². The molecule has 0 spiro atoms. The Bertz CT molecular complexity index is 1410. The van der Waals surface area contributed by atoms with Crippen LogP contribution < -0.4 is 10.6 Å². The number of ketones is 1. The maximum absolute atomic E-state index is 13.3. The van der Waals surface area contributed by atoms with Gasteiger partial charge in [-0.15, -0.1) is 0 Å². The number of anilines is 2. The highest BCUT2D eigenvalue weighted by Crippen LogP contribution is 2.28. The Balaban J connectivity index is 1.36. The minimum absolute atomic E-state index is 0.0295. The number of furan rings is 1. The van der Waals surface area contributed by atoms with Gasteiger partial charge >= 0.3 is 5.97 Å². The van der Waals surface area contributed by atoms with E-state index in [9.17, 15) is 14.4 Å². The predicted molar refractivity (Wildman–Crippen MR) is 158 cm³/mol. The highest BCUT2D eigenvalue weighted by molar-refractivity contribution is 5.98. The summed E-state index contributed by atoms with van der Waals surface area (Å²) in [5, 5.41) is 7.42. The molecule has 2 atom stereocenters. The van der Waals surface area contributed by atoms with E-state index in [-0.39, 0.29) is 36.4 Å². The summed E-state index contributed by atoms with van der Waals surface area (Å²) in [7, 11) is 0. The molecule has 0 aliphatic carbocycles. The summed E-state index contributed by atoms with van der Waals surface area (Å²) in [5.41, 5.74) is 3.79. The van der Waals surface area contributed by atoms with E-state index in [2.05, 4.69) is 10.6 Å². The number of benzene rings is 3. The van der Waals surface area contributed by atoms with Gasteiger partial charge in [0.1, 0.15) is 17.4 Å². The zero-order valence-electron chi connectivity index (χ0n) is 23.2. The third kappa shape index (κ3) is 7.38.